The van der Waals surface area contributed by atoms with E-state index in [-0.39, 0.29) is 12.1 Å². The van der Waals surface area contributed by atoms with Crippen molar-refractivity contribution in [3.05, 3.63) is 76.7 Å². The molecule has 0 N–H and O–H groups in total. The minimum atomic E-state index is -0.128. The first kappa shape index (κ1) is 16.2. The third-order valence-corrected chi connectivity index (χ3v) is 4.34. The second-order valence-electron chi connectivity index (χ2n) is 6.48. The molecule has 0 aliphatic heterocycles. The molecule has 6 nitrogen and oxygen atoms in total. The van der Waals surface area contributed by atoms with Crippen LogP contribution >= 0.6 is 0 Å². The summed E-state index contributed by atoms with van der Waals surface area (Å²) in [6, 6.07) is 15.3. The summed E-state index contributed by atoms with van der Waals surface area (Å²) in [6.07, 6.45) is 1.51. The van der Waals surface area contributed by atoms with Crippen molar-refractivity contribution in [3.8, 4) is 11.4 Å². The summed E-state index contributed by atoms with van der Waals surface area (Å²) in [5.41, 5.74) is 2.68. The Hall–Kier alpha value is -3.28. The minimum absolute atomic E-state index is 0.128. The van der Waals surface area contributed by atoms with Gasteiger partial charge >= 0.3 is 0 Å². The summed E-state index contributed by atoms with van der Waals surface area (Å²) >= 11 is 0. The average molecular weight is 346 g/mol. The highest BCUT2D eigenvalue weighted by Gasteiger charge is 2.11. The molecule has 26 heavy (non-hydrogen) atoms. The Morgan fingerprint density at radius 1 is 1.08 bits per heavy atom. The van der Waals surface area contributed by atoms with Gasteiger partial charge in [0, 0.05) is 5.56 Å². The molecule has 130 valence electrons. The fourth-order valence-corrected chi connectivity index (χ4v) is 2.82. The molecule has 0 bridgehead atoms. The van der Waals surface area contributed by atoms with Crippen molar-refractivity contribution in [2.24, 2.45) is 0 Å². The first-order valence-electron chi connectivity index (χ1n) is 8.49. The summed E-state index contributed by atoms with van der Waals surface area (Å²) in [5.74, 6) is 1.35. The van der Waals surface area contributed by atoms with E-state index in [0.717, 1.165) is 5.56 Å². The van der Waals surface area contributed by atoms with E-state index in [2.05, 4.69) is 41.1 Å². The van der Waals surface area contributed by atoms with Gasteiger partial charge in [0.05, 0.1) is 17.2 Å². The van der Waals surface area contributed by atoms with Crippen LogP contribution in [0.3, 0.4) is 0 Å². The molecule has 0 radical (unpaired) electrons. The zero-order valence-corrected chi connectivity index (χ0v) is 14.6. The van der Waals surface area contributed by atoms with Crippen LogP contribution in [-0.2, 0) is 6.54 Å². The molecule has 0 spiro atoms. The lowest BCUT2D eigenvalue weighted by atomic mass is 10.0. The first-order chi connectivity index (χ1) is 12.6. The number of benzene rings is 2. The maximum absolute atomic E-state index is 12.5. The highest BCUT2D eigenvalue weighted by atomic mass is 16.5. The Labute approximate surface area is 150 Å². The van der Waals surface area contributed by atoms with Gasteiger partial charge in [0.2, 0.25) is 11.7 Å². The molecule has 0 unspecified atom stereocenters. The zero-order valence-electron chi connectivity index (χ0n) is 14.6. The minimum Gasteiger partial charge on any atom is -0.337 e. The molecule has 0 amide bonds. The van der Waals surface area contributed by atoms with Gasteiger partial charge in [-0.1, -0.05) is 55.4 Å². The fourth-order valence-electron chi connectivity index (χ4n) is 2.82. The molecule has 0 atom stereocenters. The van der Waals surface area contributed by atoms with Crippen LogP contribution in [0, 0.1) is 0 Å². The molecule has 2 aromatic heterocycles. The van der Waals surface area contributed by atoms with Gasteiger partial charge < -0.3 is 4.52 Å². The van der Waals surface area contributed by atoms with Crippen LogP contribution in [0.15, 0.2) is 64.2 Å². The monoisotopic (exact) mass is 346 g/mol. The summed E-state index contributed by atoms with van der Waals surface area (Å²) in [7, 11) is 0. The second kappa shape index (κ2) is 6.55. The van der Waals surface area contributed by atoms with Crippen LogP contribution in [0.5, 0.6) is 0 Å². The van der Waals surface area contributed by atoms with Gasteiger partial charge in [-0.3, -0.25) is 9.36 Å². The van der Waals surface area contributed by atoms with E-state index >= 15 is 0 Å². The lowest BCUT2D eigenvalue weighted by molar-refractivity contribution is 0.369. The van der Waals surface area contributed by atoms with Crippen molar-refractivity contribution in [1.82, 2.24) is 19.7 Å². The van der Waals surface area contributed by atoms with E-state index in [1.54, 1.807) is 6.07 Å². The fraction of sp³-hybridized carbons (Fsp3) is 0.200. The van der Waals surface area contributed by atoms with Crippen LogP contribution in [0.4, 0.5) is 0 Å². The summed E-state index contributed by atoms with van der Waals surface area (Å²) < 4.78 is 6.79. The van der Waals surface area contributed by atoms with Gasteiger partial charge in [0.15, 0.2) is 0 Å². The van der Waals surface area contributed by atoms with Crippen LogP contribution in [0.1, 0.15) is 31.2 Å². The third-order valence-electron chi connectivity index (χ3n) is 4.34. The van der Waals surface area contributed by atoms with Gasteiger partial charge in [-0.25, -0.2) is 4.98 Å². The molecule has 0 saturated carbocycles. The number of nitrogens with zero attached hydrogens (tertiary/aromatic N) is 4. The maximum atomic E-state index is 12.5. The number of rotatable bonds is 4. The van der Waals surface area contributed by atoms with Crippen LogP contribution in [0.2, 0.25) is 0 Å². The van der Waals surface area contributed by atoms with Crippen molar-refractivity contribution in [2.75, 3.05) is 0 Å². The maximum Gasteiger partial charge on any atom is 0.261 e. The Morgan fingerprint density at radius 3 is 2.62 bits per heavy atom. The average Bonchev–Trinajstić information content (AvgIpc) is 3.13. The molecule has 0 aliphatic carbocycles. The Bertz CT molecular complexity index is 1110. The van der Waals surface area contributed by atoms with Crippen molar-refractivity contribution >= 4 is 10.9 Å². The second-order valence-corrected chi connectivity index (χ2v) is 6.48. The lowest BCUT2D eigenvalue weighted by Gasteiger charge is -2.04. The van der Waals surface area contributed by atoms with Crippen molar-refractivity contribution in [2.45, 2.75) is 26.3 Å². The van der Waals surface area contributed by atoms with Gasteiger partial charge in [-0.05, 0) is 23.6 Å². The molecular formula is C20H18N4O2. The highest BCUT2D eigenvalue weighted by Crippen LogP contribution is 2.20. The molecule has 2 heterocycles. The Kier molecular flexibility index (Phi) is 4.08. The SMILES string of the molecule is CC(C)c1ccc(-c2noc(Cn3cnc4ccccc4c3=O)n2)cc1. The molecule has 6 heteroatoms. The lowest BCUT2D eigenvalue weighted by Crippen LogP contribution is -2.21. The normalized spacial score (nSPS) is 11.3. The summed E-state index contributed by atoms with van der Waals surface area (Å²) in [4.78, 5) is 21.3. The van der Waals surface area contributed by atoms with E-state index in [1.807, 2.05) is 30.3 Å². The van der Waals surface area contributed by atoms with Gasteiger partial charge in [0.1, 0.15) is 6.54 Å². The number of aromatic nitrogens is 4. The Morgan fingerprint density at radius 2 is 1.85 bits per heavy atom. The van der Waals surface area contributed by atoms with Gasteiger partial charge in [-0.15, -0.1) is 0 Å². The summed E-state index contributed by atoms with van der Waals surface area (Å²) in [5, 5.41) is 4.60. The standard InChI is InChI=1S/C20H18N4O2/c1-13(2)14-7-9-15(10-8-14)19-22-18(26-23-19)11-24-12-21-17-6-4-3-5-16(17)20(24)25/h3-10,12-13H,11H2,1-2H3. The van der Waals surface area contributed by atoms with Crippen LogP contribution in [0.25, 0.3) is 22.3 Å². The number of fused-ring (bicyclic) bond motifs is 1. The molecule has 0 aliphatic rings. The van der Waals surface area contributed by atoms with Crippen LogP contribution in [-0.4, -0.2) is 19.7 Å². The first-order valence-corrected chi connectivity index (χ1v) is 8.49. The van der Waals surface area contributed by atoms with E-state index in [1.165, 1.54) is 16.5 Å². The predicted octanol–water partition coefficient (Wildman–Crippen LogP) is 3.62. The van der Waals surface area contributed by atoms with Gasteiger partial charge in [0.25, 0.3) is 5.56 Å². The Balaban J connectivity index is 1.61. The highest BCUT2D eigenvalue weighted by molar-refractivity contribution is 5.76. The van der Waals surface area contributed by atoms with Crippen LogP contribution < -0.4 is 5.56 Å². The van der Waals surface area contributed by atoms with E-state index < -0.39 is 0 Å². The number of para-hydroxylation sites is 1. The topological polar surface area (TPSA) is 73.8 Å². The molecule has 4 rings (SSSR count). The number of hydrogen-bond acceptors (Lipinski definition) is 5. The molecule has 0 saturated heterocycles. The predicted molar refractivity (Wildman–Crippen MR) is 98.9 cm³/mol. The quantitative estimate of drug-likeness (QED) is 0.564. The number of hydrogen-bond donors (Lipinski definition) is 0. The van der Waals surface area contributed by atoms with Gasteiger partial charge in [-0.2, -0.15) is 4.98 Å². The van der Waals surface area contributed by atoms with E-state index in [4.69, 9.17) is 4.52 Å². The zero-order chi connectivity index (χ0) is 18.1. The molecule has 2 aromatic carbocycles. The van der Waals surface area contributed by atoms with E-state index in [0.29, 0.717) is 28.5 Å². The largest absolute Gasteiger partial charge is 0.337 e. The van der Waals surface area contributed by atoms with Crippen molar-refractivity contribution < 1.29 is 4.52 Å². The molecule has 0 fully saturated rings. The summed E-state index contributed by atoms with van der Waals surface area (Å²) in [6.45, 7) is 4.49. The van der Waals surface area contributed by atoms with Crippen molar-refractivity contribution in [3.63, 3.8) is 0 Å². The van der Waals surface area contributed by atoms with E-state index in [9.17, 15) is 4.79 Å². The molecule has 4 aromatic rings. The smallest absolute Gasteiger partial charge is 0.261 e. The molecular weight excluding hydrogens is 328 g/mol. The third kappa shape index (κ3) is 3.01. The van der Waals surface area contributed by atoms with Crippen molar-refractivity contribution in [1.29, 1.82) is 0 Å².